The fraction of sp³-hybridized carbons (Fsp3) is 0.600. The second-order valence-corrected chi connectivity index (χ2v) is 8.47. The van der Waals surface area contributed by atoms with E-state index in [9.17, 15) is 8.42 Å². The van der Waals surface area contributed by atoms with Gasteiger partial charge < -0.3 is 0 Å². The van der Waals surface area contributed by atoms with E-state index in [1.54, 1.807) is 12.1 Å². The number of hydrogen-bond donors (Lipinski definition) is 1. The first kappa shape index (κ1) is 16.2. The molecule has 5 heteroatoms. The number of nitrogens with one attached hydrogen (secondary N) is 1. The van der Waals surface area contributed by atoms with Gasteiger partial charge in [-0.25, -0.2) is 13.1 Å². The van der Waals surface area contributed by atoms with Gasteiger partial charge in [0.05, 0.1) is 4.90 Å². The minimum Gasteiger partial charge on any atom is -0.208 e. The van der Waals surface area contributed by atoms with E-state index in [1.165, 1.54) is 6.42 Å². The zero-order valence-electron chi connectivity index (χ0n) is 12.0. The zero-order chi connectivity index (χ0) is 14.8. The Morgan fingerprint density at radius 2 is 2.00 bits per heavy atom. The second-order valence-electron chi connectivity index (χ2n) is 5.60. The van der Waals surface area contributed by atoms with Crippen molar-refractivity contribution < 1.29 is 8.42 Å². The molecule has 1 aliphatic rings. The third-order valence-electron chi connectivity index (χ3n) is 4.13. The highest BCUT2D eigenvalue weighted by Crippen LogP contribution is 2.26. The van der Waals surface area contributed by atoms with Crippen molar-refractivity contribution in [3.05, 3.63) is 27.3 Å². The minimum absolute atomic E-state index is 0.0816. The first-order valence-corrected chi connectivity index (χ1v) is 9.81. The molecule has 3 nitrogen and oxygen atoms in total. The minimum atomic E-state index is -3.40. The third-order valence-corrected chi connectivity index (χ3v) is 6.67. The molecule has 0 unspecified atom stereocenters. The Labute approximate surface area is 135 Å². The van der Waals surface area contributed by atoms with Gasteiger partial charge in [0.1, 0.15) is 0 Å². The van der Waals surface area contributed by atoms with Crippen molar-refractivity contribution in [1.82, 2.24) is 4.72 Å². The summed E-state index contributed by atoms with van der Waals surface area (Å²) in [5, 5.41) is 0. The summed E-state index contributed by atoms with van der Waals surface area (Å²) < 4.78 is 29.0. The molecule has 1 aromatic carbocycles. The van der Waals surface area contributed by atoms with Crippen molar-refractivity contribution in [3.8, 4) is 0 Å². The van der Waals surface area contributed by atoms with Crippen molar-refractivity contribution in [2.75, 3.05) is 0 Å². The molecule has 0 bridgehead atoms. The summed E-state index contributed by atoms with van der Waals surface area (Å²) in [5.74, 6) is 0.424. The number of hydrogen-bond acceptors (Lipinski definition) is 2. The van der Waals surface area contributed by atoms with E-state index in [1.807, 2.05) is 13.0 Å². The quantitative estimate of drug-likeness (QED) is 0.774. The van der Waals surface area contributed by atoms with E-state index in [4.69, 9.17) is 0 Å². The molecule has 0 aliphatic heterocycles. The van der Waals surface area contributed by atoms with E-state index < -0.39 is 10.0 Å². The number of sulfonamides is 1. The molecular formula is C15H22INO2S. The summed E-state index contributed by atoms with van der Waals surface area (Å²) in [6.45, 7) is 4.18. The Balaban J connectivity index is 2.21. The largest absolute Gasteiger partial charge is 0.240 e. The highest BCUT2D eigenvalue weighted by molar-refractivity contribution is 14.1. The molecule has 0 heterocycles. The molecule has 1 fully saturated rings. The normalized spacial score (nSPS) is 23.8. The topological polar surface area (TPSA) is 46.2 Å². The van der Waals surface area contributed by atoms with Gasteiger partial charge in [-0.1, -0.05) is 26.7 Å². The lowest BCUT2D eigenvalue weighted by Gasteiger charge is -2.29. The maximum atomic E-state index is 12.5. The summed E-state index contributed by atoms with van der Waals surface area (Å²) in [7, 11) is -3.40. The molecule has 20 heavy (non-hydrogen) atoms. The SMILES string of the molecule is CCc1cc(S(=O)(=O)N[C@H]2CCCC[C@@H]2C)ccc1I. The maximum absolute atomic E-state index is 12.5. The fourth-order valence-corrected chi connectivity index (χ4v) is 4.89. The van der Waals surface area contributed by atoms with Gasteiger partial charge in [0.25, 0.3) is 0 Å². The Morgan fingerprint density at radius 3 is 2.65 bits per heavy atom. The number of aryl methyl sites for hydroxylation is 1. The van der Waals surface area contributed by atoms with E-state index in [0.717, 1.165) is 34.8 Å². The van der Waals surface area contributed by atoms with Crippen molar-refractivity contribution >= 4 is 32.6 Å². The summed E-state index contributed by atoms with van der Waals surface area (Å²) in [6.07, 6.45) is 5.24. The monoisotopic (exact) mass is 407 g/mol. The average molecular weight is 407 g/mol. The standard InChI is InChI=1S/C15H22INO2S/c1-3-12-10-13(8-9-14(12)16)20(18,19)17-15-7-5-4-6-11(15)2/h8-11,15,17H,3-7H2,1-2H3/t11-,15-/m0/s1. The number of halogens is 1. The van der Waals surface area contributed by atoms with E-state index in [-0.39, 0.29) is 6.04 Å². The van der Waals surface area contributed by atoms with E-state index in [0.29, 0.717) is 10.8 Å². The molecular weight excluding hydrogens is 385 g/mol. The molecule has 0 spiro atoms. The van der Waals surface area contributed by atoms with Crippen LogP contribution in [0.1, 0.15) is 45.1 Å². The molecule has 2 atom stereocenters. The number of rotatable bonds is 4. The Morgan fingerprint density at radius 1 is 1.30 bits per heavy atom. The molecule has 2 rings (SSSR count). The van der Waals surface area contributed by atoms with Crippen LogP contribution in [0, 0.1) is 9.49 Å². The lowest BCUT2D eigenvalue weighted by atomic mass is 9.87. The first-order valence-electron chi connectivity index (χ1n) is 7.25. The lowest BCUT2D eigenvalue weighted by Crippen LogP contribution is -2.41. The van der Waals surface area contributed by atoms with Crippen LogP contribution in [-0.2, 0) is 16.4 Å². The van der Waals surface area contributed by atoms with Gasteiger partial charge in [-0.3, -0.25) is 0 Å². The molecule has 0 radical (unpaired) electrons. The highest BCUT2D eigenvalue weighted by Gasteiger charge is 2.26. The second kappa shape index (κ2) is 6.75. The molecule has 1 saturated carbocycles. The van der Waals surface area contributed by atoms with Crippen molar-refractivity contribution in [3.63, 3.8) is 0 Å². The van der Waals surface area contributed by atoms with E-state index in [2.05, 4.69) is 34.2 Å². The van der Waals surface area contributed by atoms with Crippen molar-refractivity contribution in [2.24, 2.45) is 5.92 Å². The summed E-state index contributed by atoms with van der Waals surface area (Å²) in [5.41, 5.74) is 1.09. The lowest BCUT2D eigenvalue weighted by molar-refractivity contribution is 0.310. The average Bonchev–Trinajstić information content (AvgIpc) is 2.41. The van der Waals surface area contributed by atoms with Gasteiger partial charge in [-0.15, -0.1) is 0 Å². The van der Waals surface area contributed by atoms with Gasteiger partial charge in [0.2, 0.25) is 10.0 Å². The van der Waals surface area contributed by atoms with Gasteiger partial charge in [-0.2, -0.15) is 0 Å². The van der Waals surface area contributed by atoms with Gasteiger partial charge in [0, 0.05) is 9.61 Å². The molecule has 1 N–H and O–H groups in total. The predicted molar refractivity (Wildman–Crippen MR) is 90.3 cm³/mol. The zero-order valence-corrected chi connectivity index (χ0v) is 15.0. The van der Waals surface area contributed by atoms with E-state index >= 15 is 0 Å². The molecule has 0 aromatic heterocycles. The van der Waals surface area contributed by atoms with Crippen LogP contribution < -0.4 is 4.72 Å². The van der Waals surface area contributed by atoms with Gasteiger partial charge in [-0.05, 0) is 71.5 Å². The van der Waals surface area contributed by atoms with Crippen LogP contribution in [0.2, 0.25) is 0 Å². The third kappa shape index (κ3) is 3.74. The highest BCUT2D eigenvalue weighted by atomic mass is 127. The molecule has 0 amide bonds. The Hall–Kier alpha value is -0.140. The first-order chi connectivity index (χ1) is 9.44. The van der Waals surface area contributed by atoms with Crippen molar-refractivity contribution in [2.45, 2.75) is 56.9 Å². The molecule has 1 aromatic rings. The van der Waals surface area contributed by atoms with Crippen LogP contribution in [0.3, 0.4) is 0 Å². The molecule has 0 saturated heterocycles. The van der Waals surface area contributed by atoms with Crippen LogP contribution in [0.15, 0.2) is 23.1 Å². The van der Waals surface area contributed by atoms with Crippen LogP contribution in [0.5, 0.6) is 0 Å². The van der Waals surface area contributed by atoms with Crippen LogP contribution in [-0.4, -0.2) is 14.5 Å². The van der Waals surface area contributed by atoms with Crippen molar-refractivity contribution in [1.29, 1.82) is 0 Å². The van der Waals surface area contributed by atoms with Crippen LogP contribution in [0.4, 0.5) is 0 Å². The van der Waals surface area contributed by atoms with Gasteiger partial charge in [0.15, 0.2) is 0 Å². The molecule has 112 valence electrons. The van der Waals surface area contributed by atoms with Crippen LogP contribution in [0.25, 0.3) is 0 Å². The Bertz CT molecular complexity index is 571. The summed E-state index contributed by atoms with van der Waals surface area (Å²) in [4.78, 5) is 0.396. The van der Waals surface area contributed by atoms with Gasteiger partial charge >= 0.3 is 0 Å². The summed E-state index contributed by atoms with van der Waals surface area (Å²) in [6, 6.07) is 5.48. The Kier molecular flexibility index (Phi) is 5.48. The van der Waals surface area contributed by atoms with Crippen LogP contribution >= 0.6 is 22.6 Å². The maximum Gasteiger partial charge on any atom is 0.240 e. The smallest absolute Gasteiger partial charge is 0.208 e. The number of benzene rings is 1. The summed E-state index contributed by atoms with van der Waals surface area (Å²) >= 11 is 2.25. The fourth-order valence-electron chi connectivity index (χ4n) is 2.75. The molecule has 1 aliphatic carbocycles. The predicted octanol–water partition coefficient (Wildman–Crippen LogP) is 3.71.